The smallest absolute Gasteiger partial charge is 0.250 e. The molecule has 0 aliphatic carbocycles. The highest BCUT2D eigenvalue weighted by Gasteiger charge is 2.17. The van der Waals surface area contributed by atoms with E-state index in [1.165, 1.54) is 0 Å². The van der Waals surface area contributed by atoms with Gasteiger partial charge in [-0.25, -0.2) is 0 Å². The van der Waals surface area contributed by atoms with Crippen LogP contribution < -0.4 is 10.1 Å². The average molecular weight is 395 g/mol. The summed E-state index contributed by atoms with van der Waals surface area (Å²) >= 11 is 6.30. The normalized spacial score (nSPS) is 14.9. The van der Waals surface area contributed by atoms with Crippen molar-refractivity contribution in [3.05, 3.63) is 29.4 Å². The Morgan fingerprint density at radius 3 is 2.85 bits per heavy atom. The number of aliphatic hydroxyl groups is 1. The Hall–Kier alpha value is -2.13. The molecular weight excluding hydrogens is 372 g/mol. The highest BCUT2D eigenvalue weighted by Crippen LogP contribution is 2.36. The maximum absolute atomic E-state index is 11.5. The largest absolute Gasteiger partial charge is 0.492 e. The summed E-state index contributed by atoms with van der Waals surface area (Å²) < 4.78 is 13.0. The Kier molecular flexibility index (Phi) is 6.68. The van der Waals surface area contributed by atoms with Crippen LogP contribution in [0.25, 0.3) is 11.3 Å². The molecule has 0 saturated carbocycles. The molecule has 2 aromatic rings. The molecule has 1 aromatic heterocycles. The molecule has 146 valence electrons. The van der Waals surface area contributed by atoms with Crippen LogP contribution in [0.15, 0.2) is 24.4 Å². The number of benzene rings is 1. The van der Waals surface area contributed by atoms with Crippen LogP contribution in [-0.2, 0) is 16.6 Å². The lowest BCUT2D eigenvalue weighted by atomic mass is 10.1. The summed E-state index contributed by atoms with van der Waals surface area (Å²) in [4.78, 5) is 13.8. The van der Waals surface area contributed by atoms with E-state index in [1.807, 2.05) is 0 Å². The predicted molar refractivity (Wildman–Crippen MR) is 102 cm³/mol. The molecular formula is C18H23ClN4O4. The lowest BCUT2D eigenvalue weighted by Gasteiger charge is -2.26. The second kappa shape index (κ2) is 9.18. The van der Waals surface area contributed by atoms with E-state index in [-0.39, 0.29) is 0 Å². The van der Waals surface area contributed by atoms with Gasteiger partial charge < -0.3 is 19.9 Å². The Bertz CT molecular complexity index is 770. The van der Waals surface area contributed by atoms with Crippen molar-refractivity contribution in [1.29, 1.82) is 0 Å². The summed E-state index contributed by atoms with van der Waals surface area (Å²) in [6.45, 7) is 4.02. The fourth-order valence-electron chi connectivity index (χ4n) is 2.94. The van der Waals surface area contributed by atoms with Gasteiger partial charge in [0.2, 0.25) is 5.91 Å². The maximum Gasteiger partial charge on any atom is 0.250 e. The first-order chi connectivity index (χ1) is 13.1. The molecule has 1 aromatic carbocycles. The first-order valence-electron chi connectivity index (χ1n) is 8.74. The first kappa shape index (κ1) is 19.6. The van der Waals surface area contributed by atoms with Gasteiger partial charge in [-0.15, -0.1) is 0 Å². The van der Waals surface area contributed by atoms with Gasteiger partial charge in [0.25, 0.3) is 0 Å². The molecule has 1 aliphatic rings. The van der Waals surface area contributed by atoms with Crippen molar-refractivity contribution in [3.8, 4) is 17.0 Å². The minimum atomic E-state index is -0.584. The van der Waals surface area contributed by atoms with E-state index < -0.39 is 12.5 Å². The number of nitrogens with one attached hydrogen (secondary N) is 1. The van der Waals surface area contributed by atoms with Gasteiger partial charge in [0, 0.05) is 37.9 Å². The number of hydrogen-bond donors (Lipinski definition) is 2. The molecule has 1 aliphatic heterocycles. The molecule has 2 heterocycles. The minimum Gasteiger partial charge on any atom is -0.492 e. The second-order valence-corrected chi connectivity index (χ2v) is 6.59. The van der Waals surface area contributed by atoms with E-state index in [1.54, 1.807) is 36.1 Å². The minimum absolute atomic E-state index is 0.487. The van der Waals surface area contributed by atoms with Gasteiger partial charge in [-0.2, -0.15) is 5.10 Å². The molecule has 2 N–H and O–H groups in total. The fourth-order valence-corrected chi connectivity index (χ4v) is 3.21. The summed E-state index contributed by atoms with van der Waals surface area (Å²) in [6, 6.07) is 5.27. The molecule has 0 atom stereocenters. The van der Waals surface area contributed by atoms with Crippen molar-refractivity contribution in [2.75, 3.05) is 51.4 Å². The van der Waals surface area contributed by atoms with Crippen LogP contribution in [0.3, 0.4) is 0 Å². The SMILES string of the molecule is Cn1ncc(Cl)c1-c1cc(NC(=O)CO)ccc1OCCN1CCOCC1. The number of aromatic nitrogens is 2. The van der Waals surface area contributed by atoms with Crippen LogP contribution in [0, 0.1) is 0 Å². The zero-order valence-electron chi connectivity index (χ0n) is 15.2. The summed E-state index contributed by atoms with van der Waals surface area (Å²) in [6.07, 6.45) is 1.56. The van der Waals surface area contributed by atoms with Gasteiger partial charge in [0.15, 0.2) is 0 Å². The fraction of sp³-hybridized carbons (Fsp3) is 0.444. The zero-order chi connectivity index (χ0) is 19.2. The van der Waals surface area contributed by atoms with E-state index in [2.05, 4.69) is 15.3 Å². The Morgan fingerprint density at radius 2 is 2.19 bits per heavy atom. The van der Waals surface area contributed by atoms with Crippen LogP contribution in [0.4, 0.5) is 5.69 Å². The van der Waals surface area contributed by atoms with Gasteiger partial charge in [0.05, 0.1) is 30.1 Å². The lowest BCUT2D eigenvalue weighted by Crippen LogP contribution is -2.38. The topological polar surface area (TPSA) is 88.9 Å². The molecule has 27 heavy (non-hydrogen) atoms. The third-order valence-corrected chi connectivity index (χ3v) is 4.60. The third kappa shape index (κ3) is 4.98. The van der Waals surface area contributed by atoms with Crippen molar-refractivity contribution in [2.45, 2.75) is 0 Å². The summed E-state index contributed by atoms with van der Waals surface area (Å²) in [5.74, 6) is 0.161. The van der Waals surface area contributed by atoms with Crippen molar-refractivity contribution in [3.63, 3.8) is 0 Å². The van der Waals surface area contributed by atoms with Gasteiger partial charge >= 0.3 is 0 Å². The maximum atomic E-state index is 11.5. The zero-order valence-corrected chi connectivity index (χ0v) is 15.9. The molecule has 0 radical (unpaired) electrons. The number of halogens is 1. The third-order valence-electron chi connectivity index (χ3n) is 4.32. The van der Waals surface area contributed by atoms with Crippen LogP contribution >= 0.6 is 11.6 Å². The number of aryl methyl sites for hydroxylation is 1. The van der Waals surface area contributed by atoms with Crippen molar-refractivity contribution < 1.29 is 19.4 Å². The highest BCUT2D eigenvalue weighted by atomic mass is 35.5. The summed E-state index contributed by atoms with van der Waals surface area (Å²) in [5.41, 5.74) is 1.96. The van der Waals surface area contributed by atoms with Crippen molar-refractivity contribution in [1.82, 2.24) is 14.7 Å². The number of amides is 1. The molecule has 0 bridgehead atoms. The number of morpholine rings is 1. The second-order valence-electron chi connectivity index (χ2n) is 6.18. The lowest BCUT2D eigenvalue weighted by molar-refractivity contribution is -0.118. The van der Waals surface area contributed by atoms with Crippen molar-refractivity contribution in [2.24, 2.45) is 7.05 Å². The van der Waals surface area contributed by atoms with E-state index in [0.29, 0.717) is 28.8 Å². The molecule has 0 spiro atoms. The number of carbonyl (C=O) groups is 1. The average Bonchev–Trinajstić information content (AvgIpc) is 3.01. The molecule has 1 amide bonds. The number of hydrogen-bond acceptors (Lipinski definition) is 6. The first-order valence-corrected chi connectivity index (χ1v) is 9.12. The number of aliphatic hydroxyl groups excluding tert-OH is 1. The number of ether oxygens (including phenoxy) is 2. The Labute approximate surface area is 162 Å². The molecule has 3 rings (SSSR count). The monoisotopic (exact) mass is 394 g/mol. The van der Waals surface area contributed by atoms with E-state index in [9.17, 15) is 4.79 Å². The van der Waals surface area contributed by atoms with Gasteiger partial charge in [-0.05, 0) is 18.2 Å². The Balaban J connectivity index is 1.80. The quantitative estimate of drug-likeness (QED) is 0.737. The van der Waals surface area contributed by atoms with Crippen LogP contribution in [0.2, 0.25) is 5.02 Å². The van der Waals surface area contributed by atoms with Crippen LogP contribution in [-0.4, -0.2) is 71.8 Å². The van der Waals surface area contributed by atoms with Crippen molar-refractivity contribution >= 4 is 23.2 Å². The molecule has 9 heteroatoms. The predicted octanol–water partition coefficient (Wildman–Crippen LogP) is 1.38. The van der Waals surface area contributed by atoms with Gasteiger partial charge in [0.1, 0.15) is 19.0 Å². The number of carbonyl (C=O) groups excluding carboxylic acids is 1. The summed E-state index contributed by atoms with van der Waals surface area (Å²) in [7, 11) is 1.79. The van der Waals surface area contributed by atoms with E-state index >= 15 is 0 Å². The van der Waals surface area contributed by atoms with Gasteiger partial charge in [-0.1, -0.05) is 11.6 Å². The number of rotatable bonds is 7. The number of nitrogens with zero attached hydrogens (tertiary/aromatic N) is 3. The molecule has 1 saturated heterocycles. The molecule has 0 unspecified atom stereocenters. The van der Waals surface area contributed by atoms with Crippen LogP contribution in [0.1, 0.15) is 0 Å². The van der Waals surface area contributed by atoms with E-state index in [4.69, 9.17) is 26.2 Å². The standard InChI is InChI=1S/C18H23ClN4O4/c1-22-18(15(19)11-20-22)14-10-13(21-17(25)12-24)2-3-16(14)27-9-6-23-4-7-26-8-5-23/h2-3,10-11,24H,4-9,12H2,1H3,(H,21,25). The molecule has 8 nitrogen and oxygen atoms in total. The molecule has 1 fully saturated rings. The highest BCUT2D eigenvalue weighted by molar-refractivity contribution is 6.33. The summed E-state index contributed by atoms with van der Waals surface area (Å²) in [5, 5.41) is 16.2. The van der Waals surface area contributed by atoms with E-state index in [0.717, 1.165) is 38.4 Å². The Morgan fingerprint density at radius 1 is 1.41 bits per heavy atom. The van der Waals surface area contributed by atoms with Crippen LogP contribution in [0.5, 0.6) is 5.75 Å². The van der Waals surface area contributed by atoms with Gasteiger partial charge in [-0.3, -0.25) is 14.4 Å². The number of anilines is 1.